The molecular weight excluding hydrogens is 411 g/mol. The van der Waals surface area contributed by atoms with E-state index in [0.29, 0.717) is 33.6 Å². The van der Waals surface area contributed by atoms with Gasteiger partial charge in [0.1, 0.15) is 5.75 Å². The molecule has 1 amide bonds. The second-order valence-electron chi connectivity index (χ2n) is 6.25. The van der Waals surface area contributed by atoms with Crippen molar-refractivity contribution < 1.29 is 14.3 Å². The van der Waals surface area contributed by atoms with E-state index >= 15 is 0 Å². The first-order chi connectivity index (χ1) is 13.9. The van der Waals surface area contributed by atoms with Crippen molar-refractivity contribution in [2.24, 2.45) is 0 Å². The van der Waals surface area contributed by atoms with E-state index in [2.05, 4.69) is 10.6 Å². The van der Waals surface area contributed by atoms with E-state index < -0.39 is 5.97 Å². The highest BCUT2D eigenvalue weighted by molar-refractivity contribution is 6.34. The molecule has 0 atom stereocenters. The third-order valence-corrected chi connectivity index (χ3v) is 4.54. The molecule has 148 valence electrons. The van der Waals surface area contributed by atoms with Gasteiger partial charge in [-0.2, -0.15) is 0 Å². The summed E-state index contributed by atoms with van der Waals surface area (Å²) in [5.74, 6) is -0.349. The fraction of sp³-hybridized carbons (Fsp3) is 0.0909. The van der Waals surface area contributed by atoms with Gasteiger partial charge < -0.3 is 15.4 Å². The van der Waals surface area contributed by atoms with Crippen LogP contribution in [0.2, 0.25) is 10.0 Å². The Morgan fingerprint density at radius 1 is 0.931 bits per heavy atom. The normalized spacial score (nSPS) is 10.3. The molecule has 0 saturated carbocycles. The summed E-state index contributed by atoms with van der Waals surface area (Å²) in [5, 5.41) is 7.04. The van der Waals surface area contributed by atoms with Gasteiger partial charge in [-0.05, 0) is 60.2 Å². The molecule has 0 heterocycles. The summed E-state index contributed by atoms with van der Waals surface area (Å²) in [4.78, 5) is 23.6. The molecule has 29 heavy (non-hydrogen) atoms. The lowest BCUT2D eigenvalue weighted by Crippen LogP contribution is -2.13. The van der Waals surface area contributed by atoms with Gasteiger partial charge in [0.15, 0.2) is 0 Å². The monoisotopic (exact) mass is 428 g/mol. The van der Waals surface area contributed by atoms with Gasteiger partial charge in [0, 0.05) is 29.9 Å². The number of carbonyl (C=O) groups excluding carboxylic acids is 2. The lowest BCUT2D eigenvalue weighted by molar-refractivity contribution is -0.131. The molecule has 0 bridgehead atoms. The first-order valence-corrected chi connectivity index (χ1v) is 9.54. The molecule has 0 unspecified atom stereocenters. The van der Waals surface area contributed by atoms with Crippen LogP contribution < -0.4 is 15.4 Å². The van der Waals surface area contributed by atoms with Gasteiger partial charge in [0.2, 0.25) is 0 Å². The zero-order chi connectivity index (χ0) is 20.8. The highest BCUT2D eigenvalue weighted by Crippen LogP contribution is 2.23. The van der Waals surface area contributed by atoms with E-state index in [4.69, 9.17) is 27.9 Å². The number of rotatable bonds is 6. The van der Waals surface area contributed by atoms with E-state index in [0.717, 1.165) is 11.3 Å². The number of nitrogens with one attached hydrogen (secondary N) is 2. The minimum atomic E-state index is -0.407. The molecule has 0 aromatic heterocycles. The highest BCUT2D eigenvalue weighted by atomic mass is 35.5. The SMILES string of the molecule is CC(=O)Oc1ccc(NC(=O)c2cc(NCc3cccc(Cl)c3)ccc2Cl)cc1. The maximum atomic E-state index is 12.6. The van der Waals surface area contributed by atoms with E-state index in [9.17, 15) is 9.59 Å². The van der Waals surface area contributed by atoms with Gasteiger partial charge in [0.25, 0.3) is 5.91 Å². The minimum absolute atomic E-state index is 0.340. The van der Waals surface area contributed by atoms with Gasteiger partial charge >= 0.3 is 5.97 Å². The van der Waals surface area contributed by atoms with Crippen molar-refractivity contribution in [2.45, 2.75) is 13.5 Å². The predicted molar refractivity (Wildman–Crippen MR) is 116 cm³/mol. The molecule has 0 aliphatic carbocycles. The predicted octanol–water partition coefficient (Wildman–Crippen LogP) is 5.78. The average molecular weight is 429 g/mol. The van der Waals surface area contributed by atoms with Gasteiger partial charge in [-0.1, -0.05) is 35.3 Å². The Hall–Kier alpha value is -3.02. The first kappa shape index (κ1) is 20.7. The molecule has 0 aliphatic rings. The number of hydrogen-bond donors (Lipinski definition) is 2. The van der Waals surface area contributed by atoms with Crippen LogP contribution in [0.25, 0.3) is 0 Å². The molecule has 0 saturated heterocycles. The van der Waals surface area contributed by atoms with Crippen LogP contribution in [0.1, 0.15) is 22.8 Å². The lowest BCUT2D eigenvalue weighted by Gasteiger charge is -2.11. The van der Waals surface area contributed by atoms with Crippen LogP contribution in [0, 0.1) is 0 Å². The summed E-state index contributed by atoms with van der Waals surface area (Å²) in [6.45, 7) is 1.88. The molecule has 3 aromatic carbocycles. The Kier molecular flexibility index (Phi) is 6.75. The molecule has 0 fully saturated rings. The van der Waals surface area contributed by atoms with Gasteiger partial charge in [-0.25, -0.2) is 0 Å². The summed E-state index contributed by atoms with van der Waals surface area (Å²) in [7, 11) is 0. The largest absolute Gasteiger partial charge is 0.427 e. The van der Waals surface area contributed by atoms with Crippen molar-refractivity contribution in [3.8, 4) is 5.75 Å². The first-order valence-electron chi connectivity index (χ1n) is 8.78. The molecule has 3 aromatic rings. The Morgan fingerprint density at radius 2 is 1.66 bits per heavy atom. The van der Waals surface area contributed by atoms with Crippen LogP contribution in [0.5, 0.6) is 5.75 Å². The second-order valence-corrected chi connectivity index (χ2v) is 7.09. The van der Waals surface area contributed by atoms with Crippen molar-refractivity contribution in [1.29, 1.82) is 0 Å². The Balaban J connectivity index is 1.68. The molecular formula is C22H18Cl2N2O3. The van der Waals surface area contributed by atoms with Crippen molar-refractivity contribution in [3.05, 3.63) is 87.9 Å². The number of esters is 1. The molecule has 7 heteroatoms. The van der Waals surface area contributed by atoms with E-state index in [-0.39, 0.29) is 5.91 Å². The molecule has 3 rings (SSSR count). The number of ether oxygens (including phenoxy) is 1. The number of halogens is 2. The summed E-state index contributed by atoms with van der Waals surface area (Å²) in [6.07, 6.45) is 0. The van der Waals surface area contributed by atoms with Crippen LogP contribution in [-0.4, -0.2) is 11.9 Å². The fourth-order valence-electron chi connectivity index (χ4n) is 2.63. The summed E-state index contributed by atoms with van der Waals surface area (Å²) in [5.41, 5.74) is 2.67. The summed E-state index contributed by atoms with van der Waals surface area (Å²) in [6, 6.07) is 19.2. The lowest BCUT2D eigenvalue weighted by atomic mass is 10.1. The third-order valence-electron chi connectivity index (χ3n) is 3.97. The van der Waals surface area contributed by atoms with Gasteiger partial charge in [-0.15, -0.1) is 0 Å². The van der Waals surface area contributed by atoms with Crippen LogP contribution in [0.15, 0.2) is 66.7 Å². The smallest absolute Gasteiger partial charge is 0.308 e. The Morgan fingerprint density at radius 3 is 2.34 bits per heavy atom. The van der Waals surface area contributed by atoms with Crippen LogP contribution >= 0.6 is 23.2 Å². The average Bonchev–Trinajstić information content (AvgIpc) is 2.68. The third kappa shape index (κ3) is 5.98. The number of amides is 1. The zero-order valence-corrected chi connectivity index (χ0v) is 17.1. The maximum Gasteiger partial charge on any atom is 0.308 e. The molecule has 0 aliphatic heterocycles. The van der Waals surface area contributed by atoms with E-state index in [1.807, 2.05) is 24.3 Å². The topological polar surface area (TPSA) is 67.4 Å². The maximum absolute atomic E-state index is 12.6. The molecule has 2 N–H and O–H groups in total. The number of hydrogen-bond acceptors (Lipinski definition) is 4. The van der Waals surface area contributed by atoms with Crippen molar-refractivity contribution in [2.75, 3.05) is 10.6 Å². The van der Waals surface area contributed by atoms with Crippen molar-refractivity contribution in [1.82, 2.24) is 0 Å². The van der Waals surface area contributed by atoms with Gasteiger partial charge in [0.05, 0.1) is 10.6 Å². The molecule has 0 radical (unpaired) electrons. The minimum Gasteiger partial charge on any atom is -0.427 e. The van der Waals surface area contributed by atoms with Crippen molar-refractivity contribution in [3.63, 3.8) is 0 Å². The van der Waals surface area contributed by atoms with Gasteiger partial charge in [-0.3, -0.25) is 9.59 Å². The molecule has 5 nitrogen and oxygen atoms in total. The Bertz CT molecular complexity index is 1040. The van der Waals surface area contributed by atoms with E-state index in [1.165, 1.54) is 6.92 Å². The van der Waals surface area contributed by atoms with Crippen LogP contribution in [0.3, 0.4) is 0 Å². The number of carbonyl (C=O) groups is 2. The molecule has 0 spiro atoms. The van der Waals surface area contributed by atoms with Crippen molar-refractivity contribution >= 4 is 46.5 Å². The van der Waals surface area contributed by atoms with E-state index in [1.54, 1.807) is 42.5 Å². The highest BCUT2D eigenvalue weighted by Gasteiger charge is 2.12. The summed E-state index contributed by atoms with van der Waals surface area (Å²) < 4.78 is 4.98. The standard InChI is InChI=1S/C22H18Cl2N2O3/c1-14(27)29-19-8-5-17(6-9-19)26-22(28)20-12-18(7-10-21(20)24)25-13-15-3-2-4-16(23)11-15/h2-12,25H,13H2,1H3,(H,26,28). The van der Waals surface area contributed by atoms with Crippen LogP contribution in [-0.2, 0) is 11.3 Å². The number of anilines is 2. The number of benzene rings is 3. The second kappa shape index (κ2) is 9.45. The zero-order valence-electron chi connectivity index (χ0n) is 15.5. The summed E-state index contributed by atoms with van der Waals surface area (Å²) >= 11 is 12.2. The fourth-order valence-corrected chi connectivity index (χ4v) is 3.05. The quantitative estimate of drug-likeness (QED) is 0.385. The Labute approximate surface area is 178 Å². The van der Waals surface area contributed by atoms with Crippen LogP contribution in [0.4, 0.5) is 11.4 Å².